The lowest BCUT2D eigenvalue weighted by atomic mass is 9.71. The van der Waals surface area contributed by atoms with Gasteiger partial charge in [0.15, 0.2) is 17.3 Å². The molecule has 1 aliphatic carbocycles. The Bertz CT molecular complexity index is 1150. The highest BCUT2D eigenvalue weighted by molar-refractivity contribution is 6.30. The molecule has 2 aromatic rings. The highest BCUT2D eigenvalue weighted by Crippen LogP contribution is 2.46. The third-order valence-corrected chi connectivity index (χ3v) is 6.36. The minimum Gasteiger partial charge on any atom is -0.504 e. The van der Waals surface area contributed by atoms with E-state index in [1.54, 1.807) is 19.1 Å². The molecule has 1 heterocycles. The number of nitrogens with one attached hydrogen (secondary N) is 1. The lowest BCUT2D eigenvalue weighted by Crippen LogP contribution is -2.36. The smallest absolute Gasteiger partial charge is 0.336 e. The molecule has 0 bridgehead atoms. The maximum absolute atomic E-state index is 13.5. The van der Waals surface area contributed by atoms with Gasteiger partial charge in [-0.05, 0) is 54.7 Å². The Balaban J connectivity index is 1.82. The standard InChI is InChI=1S/C25H24ClNO5/c1-13-22(25(30)32-3)23(15-6-9-19(28)21(12-15)31-2)24-18(27-13)10-16(11-20(24)29)14-4-7-17(26)8-5-14/h4-9,12,16,23,27-28H,10-11H2,1-3H3/t16-,23-/m1/s1. The van der Waals surface area contributed by atoms with Crippen LogP contribution in [-0.2, 0) is 14.3 Å². The van der Waals surface area contributed by atoms with Crippen LogP contribution in [0.3, 0.4) is 0 Å². The van der Waals surface area contributed by atoms with E-state index in [4.69, 9.17) is 21.1 Å². The third kappa shape index (κ3) is 3.86. The van der Waals surface area contributed by atoms with Crippen molar-refractivity contribution in [3.05, 3.63) is 81.2 Å². The third-order valence-electron chi connectivity index (χ3n) is 6.11. The average Bonchev–Trinajstić information content (AvgIpc) is 2.78. The van der Waals surface area contributed by atoms with E-state index in [-0.39, 0.29) is 23.2 Å². The fraction of sp³-hybridized carbons (Fsp3) is 0.280. The van der Waals surface area contributed by atoms with Crippen LogP contribution in [-0.4, -0.2) is 31.1 Å². The topological polar surface area (TPSA) is 84.9 Å². The number of ketones is 1. The van der Waals surface area contributed by atoms with Crippen molar-refractivity contribution in [1.82, 2.24) is 5.32 Å². The summed E-state index contributed by atoms with van der Waals surface area (Å²) in [6.07, 6.45) is 0.946. The summed E-state index contributed by atoms with van der Waals surface area (Å²) in [5.41, 5.74) is 4.07. The number of phenols is 1. The van der Waals surface area contributed by atoms with Crippen molar-refractivity contribution in [3.63, 3.8) is 0 Å². The van der Waals surface area contributed by atoms with Gasteiger partial charge < -0.3 is 19.9 Å². The lowest BCUT2D eigenvalue weighted by Gasteiger charge is -2.36. The van der Waals surface area contributed by atoms with Crippen molar-refractivity contribution in [3.8, 4) is 11.5 Å². The van der Waals surface area contributed by atoms with E-state index in [9.17, 15) is 14.7 Å². The van der Waals surface area contributed by atoms with Crippen LogP contribution in [0.25, 0.3) is 0 Å². The normalized spacial score (nSPS) is 20.6. The first-order chi connectivity index (χ1) is 15.3. The molecular formula is C25H24ClNO5. The van der Waals surface area contributed by atoms with Gasteiger partial charge in [0.1, 0.15) is 0 Å². The highest BCUT2D eigenvalue weighted by Gasteiger charge is 2.41. The van der Waals surface area contributed by atoms with E-state index in [0.717, 1.165) is 11.3 Å². The van der Waals surface area contributed by atoms with Crippen LogP contribution in [0.1, 0.15) is 42.7 Å². The summed E-state index contributed by atoms with van der Waals surface area (Å²) in [7, 11) is 2.77. The lowest BCUT2D eigenvalue weighted by molar-refractivity contribution is -0.136. The monoisotopic (exact) mass is 453 g/mol. The molecule has 166 valence electrons. The summed E-state index contributed by atoms with van der Waals surface area (Å²) < 4.78 is 10.3. The molecule has 2 N–H and O–H groups in total. The van der Waals surface area contributed by atoms with E-state index >= 15 is 0 Å². The molecule has 0 amide bonds. The summed E-state index contributed by atoms with van der Waals surface area (Å²) in [4.78, 5) is 26.2. The highest BCUT2D eigenvalue weighted by atomic mass is 35.5. The first-order valence-electron chi connectivity index (χ1n) is 10.3. The van der Waals surface area contributed by atoms with E-state index in [1.165, 1.54) is 20.3 Å². The Hall–Kier alpha value is -3.25. The molecule has 4 rings (SSSR count). The average molecular weight is 454 g/mol. The first kappa shape index (κ1) is 22.0. The largest absolute Gasteiger partial charge is 0.504 e. The van der Waals surface area contributed by atoms with Gasteiger partial charge in [0.05, 0.1) is 19.8 Å². The van der Waals surface area contributed by atoms with E-state index < -0.39 is 11.9 Å². The summed E-state index contributed by atoms with van der Waals surface area (Å²) in [5.74, 6) is -0.902. The van der Waals surface area contributed by atoms with Crippen LogP contribution in [0.4, 0.5) is 0 Å². The molecule has 0 unspecified atom stereocenters. The van der Waals surface area contributed by atoms with Gasteiger partial charge in [-0.1, -0.05) is 29.8 Å². The van der Waals surface area contributed by atoms with Crippen LogP contribution in [0.2, 0.25) is 5.02 Å². The van der Waals surface area contributed by atoms with Crippen molar-refractivity contribution < 1.29 is 24.2 Å². The molecule has 2 atom stereocenters. The summed E-state index contributed by atoms with van der Waals surface area (Å²) >= 11 is 6.02. The first-order valence-corrected chi connectivity index (χ1v) is 10.7. The Morgan fingerprint density at radius 1 is 1.09 bits per heavy atom. The Labute approximate surface area is 191 Å². The Morgan fingerprint density at radius 3 is 2.44 bits per heavy atom. The van der Waals surface area contributed by atoms with Gasteiger partial charge in [-0.15, -0.1) is 0 Å². The van der Waals surface area contributed by atoms with Crippen molar-refractivity contribution in [1.29, 1.82) is 0 Å². The van der Waals surface area contributed by atoms with E-state index in [2.05, 4.69) is 5.32 Å². The van der Waals surface area contributed by atoms with Crippen LogP contribution in [0.5, 0.6) is 11.5 Å². The molecule has 2 aromatic carbocycles. The van der Waals surface area contributed by atoms with Gasteiger partial charge in [0.2, 0.25) is 0 Å². The minimum absolute atomic E-state index is 0.00787. The molecule has 0 radical (unpaired) electrons. The number of allylic oxidation sites excluding steroid dienone is 3. The molecule has 0 fully saturated rings. The van der Waals surface area contributed by atoms with Gasteiger partial charge in [-0.2, -0.15) is 0 Å². The van der Waals surface area contributed by atoms with E-state index in [1.807, 2.05) is 24.3 Å². The second kappa shape index (κ2) is 8.71. The number of dihydropyridines is 1. The molecule has 0 aromatic heterocycles. The van der Waals surface area contributed by atoms with Crippen molar-refractivity contribution >= 4 is 23.4 Å². The number of ether oxygens (including phenoxy) is 2. The van der Waals surface area contributed by atoms with Gasteiger partial charge in [0.25, 0.3) is 0 Å². The SMILES string of the molecule is COC(=O)C1=C(C)NC2=C(C(=O)C[C@H](c3ccc(Cl)cc3)C2)[C@@H]1c1ccc(O)c(OC)c1. The molecule has 7 heteroatoms. The molecule has 0 saturated carbocycles. The number of hydrogen-bond acceptors (Lipinski definition) is 6. The number of esters is 1. The number of aromatic hydroxyl groups is 1. The molecule has 2 aliphatic rings. The Morgan fingerprint density at radius 2 is 1.78 bits per heavy atom. The van der Waals surface area contributed by atoms with Crippen molar-refractivity contribution in [2.24, 2.45) is 0 Å². The zero-order valence-electron chi connectivity index (χ0n) is 18.1. The van der Waals surface area contributed by atoms with Gasteiger partial charge >= 0.3 is 5.97 Å². The molecule has 1 aliphatic heterocycles. The Kier molecular flexibility index (Phi) is 5.98. The second-order valence-electron chi connectivity index (χ2n) is 7.99. The predicted octanol–water partition coefficient (Wildman–Crippen LogP) is 4.59. The van der Waals surface area contributed by atoms with E-state index in [0.29, 0.717) is 40.3 Å². The summed E-state index contributed by atoms with van der Waals surface area (Å²) in [6, 6.07) is 12.4. The predicted molar refractivity (Wildman–Crippen MR) is 121 cm³/mol. The number of carbonyl (C=O) groups excluding carboxylic acids is 2. The van der Waals surface area contributed by atoms with Gasteiger partial charge in [0, 0.05) is 34.3 Å². The fourth-order valence-corrected chi connectivity index (χ4v) is 4.72. The number of phenolic OH excluding ortho intramolecular Hbond substituents is 1. The number of Topliss-reactive ketones (excluding diaryl/α,β-unsaturated/α-hetero) is 1. The number of methoxy groups -OCH3 is 2. The molecule has 32 heavy (non-hydrogen) atoms. The zero-order valence-corrected chi connectivity index (χ0v) is 18.8. The van der Waals surface area contributed by atoms with Crippen LogP contribution in [0, 0.1) is 0 Å². The summed E-state index contributed by atoms with van der Waals surface area (Å²) in [6.45, 7) is 1.80. The quantitative estimate of drug-likeness (QED) is 0.659. The van der Waals surface area contributed by atoms with Gasteiger partial charge in [-0.25, -0.2) is 4.79 Å². The maximum atomic E-state index is 13.5. The minimum atomic E-state index is -0.619. The number of halogens is 1. The number of hydrogen-bond donors (Lipinski definition) is 2. The number of rotatable bonds is 4. The molecule has 0 spiro atoms. The fourth-order valence-electron chi connectivity index (χ4n) is 4.60. The number of carbonyl (C=O) groups is 2. The summed E-state index contributed by atoms with van der Waals surface area (Å²) in [5, 5.41) is 14.0. The van der Waals surface area contributed by atoms with Gasteiger partial charge in [-0.3, -0.25) is 4.79 Å². The molecule has 6 nitrogen and oxygen atoms in total. The second-order valence-corrected chi connectivity index (χ2v) is 8.43. The molecular weight excluding hydrogens is 430 g/mol. The van der Waals surface area contributed by atoms with Crippen LogP contribution >= 0.6 is 11.6 Å². The molecule has 0 saturated heterocycles. The zero-order chi connectivity index (χ0) is 23.0. The number of benzene rings is 2. The van der Waals surface area contributed by atoms with Crippen molar-refractivity contribution in [2.75, 3.05) is 14.2 Å². The van der Waals surface area contributed by atoms with Crippen LogP contribution < -0.4 is 10.1 Å². The van der Waals surface area contributed by atoms with Crippen molar-refractivity contribution in [2.45, 2.75) is 31.6 Å². The maximum Gasteiger partial charge on any atom is 0.336 e. The van der Waals surface area contributed by atoms with Crippen LogP contribution in [0.15, 0.2) is 65.0 Å².